The van der Waals surface area contributed by atoms with E-state index in [1.54, 1.807) is 6.07 Å². The van der Waals surface area contributed by atoms with Crippen molar-refractivity contribution in [2.45, 2.75) is 32.0 Å². The number of aromatic nitrogens is 2. The van der Waals surface area contributed by atoms with Crippen LogP contribution in [0.3, 0.4) is 0 Å². The summed E-state index contributed by atoms with van der Waals surface area (Å²) in [5.74, 6) is 0.669. The van der Waals surface area contributed by atoms with E-state index < -0.39 is 11.7 Å². The summed E-state index contributed by atoms with van der Waals surface area (Å²) in [6, 6.07) is 5.70. The lowest BCUT2D eigenvalue weighted by atomic mass is 9.96. The molecule has 154 valence electrons. The number of imidazole rings is 1. The quantitative estimate of drug-likeness (QED) is 0.714. The van der Waals surface area contributed by atoms with Crippen molar-refractivity contribution in [1.29, 1.82) is 0 Å². The van der Waals surface area contributed by atoms with E-state index in [1.165, 1.54) is 17.8 Å². The summed E-state index contributed by atoms with van der Waals surface area (Å²) < 4.78 is 40.5. The smallest absolute Gasteiger partial charge is 0.337 e. The Kier molecular flexibility index (Phi) is 6.78. The van der Waals surface area contributed by atoms with Crippen molar-refractivity contribution >= 4 is 0 Å². The van der Waals surface area contributed by atoms with Crippen LogP contribution >= 0.6 is 0 Å². The van der Waals surface area contributed by atoms with Crippen LogP contribution in [0.5, 0.6) is 0 Å². The van der Waals surface area contributed by atoms with E-state index in [-0.39, 0.29) is 0 Å². The summed E-state index contributed by atoms with van der Waals surface area (Å²) in [5.41, 5.74) is 1.41. The maximum Gasteiger partial charge on any atom is 0.416 e. The zero-order valence-corrected chi connectivity index (χ0v) is 16.6. The van der Waals surface area contributed by atoms with Gasteiger partial charge in [0.1, 0.15) is 0 Å². The first kappa shape index (κ1) is 20.9. The molecule has 0 N–H and O–H groups in total. The van der Waals surface area contributed by atoms with Crippen LogP contribution in [0.1, 0.15) is 29.7 Å². The molecule has 28 heavy (non-hydrogen) atoms. The molecule has 0 amide bonds. The zero-order chi connectivity index (χ0) is 20.1. The van der Waals surface area contributed by atoms with Gasteiger partial charge in [-0.05, 0) is 56.9 Å². The van der Waals surface area contributed by atoms with Gasteiger partial charge in [-0.15, -0.1) is 0 Å². The Morgan fingerprint density at radius 3 is 2.61 bits per heavy atom. The monoisotopic (exact) mass is 394 g/mol. The largest absolute Gasteiger partial charge is 0.416 e. The van der Waals surface area contributed by atoms with Gasteiger partial charge >= 0.3 is 6.18 Å². The molecular weight excluding hydrogens is 365 g/mol. The van der Waals surface area contributed by atoms with Gasteiger partial charge in [0, 0.05) is 32.9 Å². The standard InChI is InChI=1S/C21H29F3N4/c1-26(15-20-13-25-16-27(20)2)14-18-7-10-28(11-8-18)9-6-17-4-3-5-19(12-17)21(22,23)24/h3-5,12-13,16,18H,6-11,14-15H2,1-2H3. The van der Waals surface area contributed by atoms with Crippen LogP contribution in [-0.2, 0) is 26.2 Å². The number of hydrogen-bond acceptors (Lipinski definition) is 3. The average Bonchev–Trinajstić information content (AvgIpc) is 3.05. The third-order valence-electron chi connectivity index (χ3n) is 5.60. The summed E-state index contributed by atoms with van der Waals surface area (Å²) in [7, 11) is 4.16. The molecular formula is C21H29F3N4. The van der Waals surface area contributed by atoms with Gasteiger partial charge in [-0.2, -0.15) is 13.2 Å². The van der Waals surface area contributed by atoms with Gasteiger partial charge in [0.15, 0.2) is 0 Å². The van der Waals surface area contributed by atoms with Crippen molar-refractivity contribution in [1.82, 2.24) is 19.4 Å². The number of halogens is 3. The molecule has 0 radical (unpaired) electrons. The second-order valence-corrected chi connectivity index (χ2v) is 7.93. The first-order valence-corrected chi connectivity index (χ1v) is 9.83. The third-order valence-corrected chi connectivity index (χ3v) is 5.60. The highest BCUT2D eigenvalue weighted by atomic mass is 19.4. The molecule has 1 aromatic heterocycles. The van der Waals surface area contributed by atoms with Gasteiger partial charge in [0.25, 0.3) is 0 Å². The summed E-state index contributed by atoms with van der Waals surface area (Å²) in [6.45, 7) is 4.81. The Hall–Kier alpha value is -1.86. The summed E-state index contributed by atoms with van der Waals surface area (Å²) in [4.78, 5) is 8.88. The first-order valence-electron chi connectivity index (χ1n) is 9.83. The van der Waals surface area contributed by atoms with Crippen LogP contribution in [0, 0.1) is 5.92 Å². The Labute approximate surface area is 165 Å². The van der Waals surface area contributed by atoms with Gasteiger partial charge in [0.2, 0.25) is 0 Å². The second-order valence-electron chi connectivity index (χ2n) is 7.93. The van der Waals surface area contributed by atoms with Crippen molar-refractivity contribution in [3.05, 3.63) is 53.6 Å². The number of nitrogens with zero attached hydrogens (tertiary/aromatic N) is 4. The van der Waals surface area contributed by atoms with Crippen molar-refractivity contribution in [2.75, 3.05) is 33.2 Å². The molecule has 7 heteroatoms. The SMILES string of the molecule is CN(Cc1cncn1C)CC1CCN(CCc2cccc(C(F)(F)F)c2)CC1. The summed E-state index contributed by atoms with van der Waals surface area (Å²) in [5, 5.41) is 0. The predicted octanol–water partition coefficient (Wildman–Crippen LogP) is 3.83. The number of piperidine rings is 1. The lowest BCUT2D eigenvalue weighted by Gasteiger charge is -2.34. The van der Waals surface area contributed by atoms with E-state index in [0.717, 1.165) is 57.2 Å². The average molecular weight is 394 g/mol. The number of benzene rings is 1. The van der Waals surface area contributed by atoms with Gasteiger partial charge in [-0.1, -0.05) is 18.2 Å². The van der Waals surface area contributed by atoms with Gasteiger partial charge in [-0.3, -0.25) is 0 Å². The molecule has 2 heterocycles. The topological polar surface area (TPSA) is 24.3 Å². The predicted molar refractivity (Wildman–Crippen MR) is 104 cm³/mol. The van der Waals surface area contributed by atoms with Crippen LogP contribution in [-0.4, -0.2) is 52.6 Å². The molecule has 0 spiro atoms. The van der Waals surface area contributed by atoms with Gasteiger partial charge < -0.3 is 14.4 Å². The lowest BCUT2D eigenvalue weighted by Crippen LogP contribution is -2.38. The first-order chi connectivity index (χ1) is 13.3. The van der Waals surface area contributed by atoms with E-state index in [1.807, 2.05) is 24.1 Å². The minimum atomic E-state index is -4.27. The molecule has 0 unspecified atom stereocenters. The molecule has 1 fully saturated rings. The van der Waals surface area contributed by atoms with Gasteiger partial charge in [0.05, 0.1) is 17.6 Å². The van der Waals surface area contributed by atoms with Crippen LogP contribution in [0.15, 0.2) is 36.8 Å². The molecule has 3 rings (SSSR count). The highest BCUT2D eigenvalue weighted by Gasteiger charge is 2.30. The molecule has 1 saturated heterocycles. The van der Waals surface area contributed by atoms with Crippen LogP contribution < -0.4 is 0 Å². The fraction of sp³-hybridized carbons (Fsp3) is 0.571. The zero-order valence-electron chi connectivity index (χ0n) is 16.6. The molecule has 0 bridgehead atoms. The maximum atomic E-state index is 12.8. The molecule has 0 atom stereocenters. The van der Waals surface area contributed by atoms with Crippen LogP contribution in [0.4, 0.5) is 13.2 Å². The van der Waals surface area contributed by atoms with Crippen molar-refractivity contribution in [3.63, 3.8) is 0 Å². The molecule has 1 aliphatic heterocycles. The molecule has 0 saturated carbocycles. The number of rotatable bonds is 7. The molecule has 2 aromatic rings. The van der Waals surface area contributed by atoms with E-state index in [4.69, 9.17) is 0 Å². The van der Waals surface area contributed by atoms with Crippen molar-refractivity contribution < 1.29 is 13.2 Å². The van der Waals surface area contributed by atoms with Gasteiger partial charge in [-0.25, -0.2) is 4.98 Å². The minimum absolute atomic E-state index is 0.555. The molecule has 1 aliphatic rings. The fourth-order valence-corrected chi connectivity index (χ4v) is 3.90. The Balaban J connectivity index is 1.40. The highest BCUT2D eigenvalue weighted by Crippen LogP contribution is 2.29. The molecule has 1 aromatic carbocycles. The maximum absolute atomic E-state index is 12.8. The Morgan fingerprint density at radius 2 is 1.96 bits per heavy atom. The highest BCUT2D eigenvalue weighted by molar-refractivity contribution is 5.25. The summed E-state index contributed by atoms with van der Waals surface area (Å²) in [6.07, 6.45) is 2.40. The minimum Gasteiger partial charge on any atom is -0.337 e. The Morgan fingerprint density at radius 1 is 1.21 bits per heavy atom. The van der Waals surface area contributed by atoms with Crippen molar-refractivity contribution in [2.24, 2.45) is 13.0 Å². The van der Waals surface area contributed by atoms with E-state index in [9.17, 15) is 13.2 Å². The number of alkyl halides is 3. The van der Waals surface area contributed by atoms with Crippen molar-refractivity contribution in [3.8, 4) is 0 Å². The molecule has 0 aliphatic carbocycles. The van der Waals surface area contributed by atoms with E-state index >= 15 is 0 Å². The third kappa shape index (κ3) is 5.82. The molecule has 4 nitrogen and oxygen atoms in total. The van der Waals surface area contributed by atoms with E-state index in [0.29, 0.717) is 12.3 Å². The van der Waals surface area contributed by atoms with Crippen LogP contribution in [0.25, 0.3) is 0 Å². The van der Waals surface area contributed by atoms with E-state index in [2.05, 4.69) is 21.8 Å². The number of likely N-dealkylation sites (tertiary alicyclic amines) is 1. The second kappa shape index (κ2) is 9.09. The van der Waals surface area contributed by atoms with Crippen LogP contribution in [0.2, 0.25) is 0 Å². The number of aryl methyl sites for hydroxylation is 1. The number of hydrogen-bond donors (Lipinski definition) is 0. The Bertz CT molecular complexity index is 748. The lowest BCUT2D eigenvalue weighted by molar-refractivity contribution is -0.137. The normalized spacial score (nSPS) is 16.8. The summed E-state index contributed by atoms with van der Waals surface area (Å²) >= 11 is 0. The fourth-order valence-electron chi connectivity index (χ4n) is 3.90.